The summed E-state index contributed by atoms with van der Waals surface area (Å²) in [5.74, 6) is 0. The van der Waals surface area contributed by atoms with Gasteiger partial charge in [-0.2, -0.15) is 5.26 Å². The average Bonchev–Trinajstić information content (AvgIpc) is 1.99. The summed E-state index contributed by atoms with van der Waals surface area (Å²) in [4.78, 5) is 0. The molecule has 0 aromatic heterocycles. The first-order valence-electron chi connectivity index (χ1n) is 3.83. The maximum Gasteiger partial charge on any atom is 0.0645 e. The summed E-state index contributed by atoms with van der Waals surface area (Å²) >= 11 is 0. The van der Waals surface area contributed by atoms with Crippen LogP contribution in [0.25, 0.3) is 0 Å². The van der Waals surface area contributed by atoms with Crippen molar-refractivity contribution in [3.63, 3.8) is 0 Å². The van der Waals surface area contributed by atoms with E-state index >= 15 is 0 Å². The quantitative estimate of drug-likeness (QED) is 0.549. The van der Waals surface area contributed by atoms with Gasteiger partial charge in [-0.3, -0.25) is 0 Å². The van der Waals surface area contributed by atoms with Crippen LogP contribution in [-0.4, -0.2) is 12.7 Å². The zero-order chi connectivity index (χ0) is 7.82. The van der Waals surface area contributed by atoms with E-state index in [4.69, 9.17) is 10.00 Å². The van der Waals surface area contributed by atoms with Crippen LogP contribution in [0.5, 0.6) is 0 Å². The van der Waals surface area contributed by atoms with E-state index < -0.39 is 0 Å². The first-order chi connectivity index (χ1) is 4.85. The lowest BCUT2D eigenvalue weighted by atomic mass is 10.2. The van der Waals surface area contributed by atoms with Crippen LogP contribution in [0.1, 0.15) is 33.1 Å². The van der Waals surface area contributed by atoms with Crippen molar-refractivity contribution in [1.29, 1.82) is 5.26 Å². The Morgan fingerprint density at radius 1 is 1.40 bits per heavy atom. The van der Waals surface area contributed by atoms with Gasteiger partial charge >= 0.3 is 0 Å². The van der Waals surface area contributed by atoms with Crippen LogP contribution in [0.15, 0.2) is 0 Å². The van der Waals surface area contributed by atoms with E-state index in [1.807, 2.05) is 6.07 Å². The van der Waals surface area contributed by atoms with Crippen LogP contribution in [0.2, 0.25) is 0 Å². The second-order valence-corrected chi connectivity index (χ2v) is 2.22. The maximum atomic E-state index is 8.19. The molecule has 2 heteroatoms. The molecule has 10 heavy (non-hydrogen) atoms. The lowest BCUT2D eigenvalue weighted by molar-refractivity contribution is 0.0521. The molecule has 0 saturated carbocycles. The van der Waals surface area contributed by atoms with Crippen LogP contribution < -0.4 is 0 Å². The third-order valence-corrected chi connectivity index (χ3v) is 1.48. The first kappa shape index (κ1) is 9.45. The molecule has 0 rings (SSSR count). The van der Waals surface area contributed by atoms with Crippen molar-refractivity contribution in [2.75, 3.05) is 6.61 Å². The van der Waals surface area contributed by atoms with Crippen molar-refractivity contribution in [2.45, 2.75) is 39.2 Å². The Morgan fingerprint density at radius 2 is 2.00 bits per heavy atom. The Hall–Kier alpha value is -0.550. The van der Waals surface area contributed by atoms with Crippen molar-refractivity contribution in [2.24, 2.45) is 0 Å². The molecule has 0 atom stereocenters. The molecule has 0 N–H and O–H groups in total. The molecule has 0 aliphatic carbocycles. The molecule has 0 amide bonds. The molecule has 0 radical (unpaired) electrons. The third-order valence-electron chi connectivity index (χ3n) is 1.48. The Kier molecular flexibility index (Phi) is 6.21. The minimum absolute atomic E-state index is 0.355. The highest BCUT2D eigenvalue weighted by molar-refractivity contribution is 4.67. The van der Waals surface area contributed by atoms with Crippen LogP contribution in [0.3, 0.4) is 0 Å². The molecule has 0 aromatic carbocycles. The molecule has 0 fully saturated rings. The topological polar surface area (TPSA) is 33.0 Å². The fourth-order valence-electron chi connectivity index (χ4n) is 0.796. The fraction of sp³-hybridized carbons (Fsp3) is 0.875. The molecule has 0 spiro atoms. The lowest BCUT2D eigenvalue weighted by Crippen LogP contribution is -2.10. The van der Waals surface area contributed by atoms with E-state index in [1.165, 1.54) is 0 Å². The van der Waals surface area contributed by atoms with Crippen molar-refractivity contribution in [3.05, 3.63) is 0 Å². The molecular weight excluding hydrogens is 126 g/mol. The molecular formula is C8H15NO. The van der Waals surface area contributed by atoms with Crippen molar-refractivity contribution in [3.8, 4) is 6.07 Å². The van der Waals surface area contributed by atoms with Gasteiger partial charge in [-0.1, -0.05) is 13.8 Å². The summed E-state index contributed by atoms with van der Waals surface area (Å²) in [6.07, 6.45) is 2.95. The molecule has 0 aliphatic heterocycles. The van der Waals surface area contributed by atoms with Crippen molar-refractivity contribution < 1.29 is 4.74 Å². The lowest BCUT2D eigenvalue weighted by Gasteiger charge is -2.11. The summed E-state index contributed by atoms with van der Waals surface area (Å²) in [5, 5.41) is 8.19. The second-order valence-electron chi connectivity index (χ2n) is 2.22. The summed E-state index contributed by atoms with van der Waals surface area (Å²) in [6.45, 7) is 4.78. The molecule has 58 valence electrons. The molecule has 0 unspecified atom stereocenters. The van der Waals surface area contributed by atoms with Gasteiger partial charge in [0.25, 0.3) is 0 Å². The van der Waals surface area contributed by atoms with Gasteiger partial charge in [0.2, 0.25) is 0 Å². The van der Waals surface area contributed by atoms with Gasteiger partial charge in [0, 0.05) is 0 Å². The zero-order valence-corrected chi connectivity index (χ0v) is 6.76. The number of hydrogen-bond donors (Lipinski definition) is 0. The van der Waals surface area contributed by atoms with Gasteiger partial charge < -0.3 is 4.74 Å². The summed E-state index contributed by atoms with van der Waals surface area (Å²) in [6, 6.07) is 2.05. The van der Waals surface area contributed by atoms with E-state index in [1.54, 1.807) is 0 Å². The number of ether oxygens (including phenoxy) is 1. The van der Waals surface area contributed by atoms with E-state index in [0.717, 1.165) is 12.8 Å². The van der Waals surface area contributed by atoms with Crippen molar-refractivity contribution in [1.82, 2.24) is 0 Å². The molecule has 2 nitrogen and oxygen atoms in total. The summed E-state index contributed by atoms with van der Waals surface area (Å²) < 4.78 is 5.36. The second kappa shape index (κ2) is 6.57. The van der Waals surface area contributed by atoms with Gasteiger partial charge in [0.15, 0.2) is 0 Å². The maximum absolute atomic E-state index is 8.19. The minimum atomic E-state index is 0.355. The zero-order valence-electron chi connectivity index (χ0n) is 6.76. The van der Waals surface area contributed by atoms with E-state index in [2.05, 4.69) is 13.8 Å². The average molecular weight is 141 g/mol. The molecule has 0 aliphatic rings. The smallest absolute Gasteiger partial charge is 0.0645 e. The predicted molar refractivity (Wildman–Crippen MR) is 40.6 cm³/mol. The SMILES string of the molecule is CCC(CC)OCCC#N. The Balaban J connectivity index is 3.19. The van der Waals surface area contributed by atoms with Crippen LogP contribution in [-0.2, 0) is 4.74 Å². The van der Waals surface area contributed by atoms with Gasteiger partial charge in [-0.15, -0.1) is 0 Å². The van der Waals surface area contributed by atoms with Crippen LogP contribution in [0.4, 0.5) is 0 Å². The fourth-order valence-corrected chi connectivity index (χ4v) is 0.796. The van der Waals surface area contributed by atoms with Gasteiger partial charge in [0.1, 0.15) is 0 Å². The van der Waals surface area contributed by atoms with E-state index in [0.29, 0.717) is 19.1 Å². The number of hydrogen-bond acceptors (Lipinski definition) is 2. The van der Waals surface area contributed by atoms with E-state index in [-0.39, 0.29) is 0 Å². The highest BCUT2D eigenvalue weighted by Gasteiger charge is 2.00. The first-order valence-corrected chi connectivity index (χ1v) is 3.83. The van der Waals surface area contributed by atoms with Gasteiger partial charge in [-0.25, -0.2) is 0 Å². The summed E-state index contributed by atoms with van der Waals surface area (Å²) in [5.41, 5.74) is 0. The Labute approximate surface area is 62.8 Å². The third kappa shape index (κ3) is 4.34. The predicted octanol–water partition coefficient (Wildman–Crippen LogP) is 2.11. The number of nitriles is 1. The Morgan fingerprint density at radius 3 is 2.40 bits per heavy atom. The summed E-state index contributed by atoms with van der Waals surface area (Å²) in [7, 11) is 0. The number of rotatable bonds is 5. The van der Waals surface area contributed by atoms with E-state index in [9.17, 15) is 0 Å². The molecule has 0 saturated heterocycles. The van der Waals surface area contributed by atoms with Crippen LogP contribution in [0, 0.1) is 11.3 Å². The van der Waals surface area contributed by atoms with Crippen molar-refractivity contribution >= 4 is 0 Å². The minimum Gasteiger partial charge on any atom is -0.377 e. The largest absolute Gasteiger partial charge is 0.377 e. The van der Waals surface area contributed by atoms with Gasteiger partial charge in [0.05, 0.1) is 25.2 Å². The van der Waals surface area contributed by atoms with Gasteiger partial charge in [-0.05, 0) is 12.8 Å². The highest BCUT2D eigenvalue weighted by atomic mass is 16.5. The standard InChI is InChI=1S/C8H15NO/c1-3-8(4-2)10-7-5-6-9/h8H,3-5,7H2,1-2H3. The molecule has 0 aromatic rings. The normalized spacial score (nSPS) is 9.80. The Bertz CT molecular complexity index is 102. The number of nitrogens with zero attached hydrogens (tertiary/aromatic N) is 1. The monoisotopic (exact) mass is 141 g/mol. The van der Waals surface area contributed by atoms with Crippen LogP contribution >= 0.6 is 0 Å². The highest BCUT2D eigenvalue weighted by Crippen LogP contribution is 2.02. The molecule has 0 bridgehead atoms. The molecule has 0 heterocycles.